The van der Waals surface area contributed by atoms with E-state index in [2.05, 4.69) is 4.98 Å². The summed E-state index contributed by atoms with van der Waals surface area (Å²) < 4.78 is 29.4. The lowest BCUT2D eigenvalue weighted by atomic mass is 10.2. The Hall–Kier alpha value is -1.60. The van der Waals surface area contributed by atoms with Crippen molar-refractivity contribution in [1.82, 2.24) is 4.98 Å². The van der Waals surface area contributed by atoms with Crippen LogP contribution in [-0.4, -0.2) is 30.9 Å². The molecule has 1 aromatic carbocycles. The molecule has 110 valence electrons. The summed E-state index contributed by atoms with van der Waals surface area (Å²) >= 11 is 0. The van der Waals surface area contributed by atoms with Crippen molar-refractivity contribution in [2.45, 2.75) is 30.9 Å². The third kappa shape index (κ3) is 3.49. The molecule has 0 radical (unpaired) electrons. The van der Waals surface area contributed by atoms with Crippen molar-refractivity contribution in [2.24, 2.45) is 0 Å². The van der Waals surface area contributed by atoms with Crippen LogP contribution in [0.2, 0.25) is 0 Å². The fraction of sp³-hybridized carbons (Fsp3) is 0.462. The van der Waals surface area contributed by atoms with E-state index in [0.717, 1.165) is 12.8 Å². The summed E-state index contributed by atoms with van der Waals surface area (Å²) in [5, 5.41) is 8.40. The molecule has 0 unspecified atom stereocenters. The van der Waals surface area contributed by atoms with E-state index in [0.29, 0.717) is 29.6 Å². The van der Waals surface area contributed by atoms with Crippen molar-refractivity contribution in [1.29, 1.82) is 0 Å². The van der Waals surface area contributed by atoms with E-state index in [9.17, 15) is 8.42 Å². The van der Waals surface area contributed by atoms with Crippen molar-refractivity contribution in [3.8, 4) is 0 Å². The van der Waals surface area contributed by atoms with Crippen molar-refractivity contribution in [3.63, 3.8) is 0 Å². The number of rotatable bonds is 7. The number of nitrogens with zero attached hydrogens (tertiary/aromatic N) is 1. The van der Waals surface area contributed by atoms with Crippen LogP contribution in [-0.2, 0) is 9.84 Å². The molecule has 0 saturated heterocycles. The van der Waals surface area contributed by atoms with E-state index < -0.39 is 9.84 Å². The predicted molar refractivity (Wildman–Crippen MR) is 76.0 cm³/mol. The zero-order valence-corrected chi connectivity index (χ0v) is 11.9. The lowest BCUT2D eigenvalue weighted by molar-refractivity contribution is 0.283. The van der Waals surface area contributed by atoms with Gasteiger partial charge in [0.2, 0.25) is 9.84 Å². The first-order valence-electron chi connectivity index (χ1n) is 6.52. The number of hydrogen-bond acceptors (Lipinski definition) is 6. The molecule has 1 heterocycles. The van der Waals surface area contributed by atoms with Gasteiger partial charge in [0, 0.05) is 12.3 Å². The average Bonchev–Trinajstić information content (AvgIpc) is 2.82. The number of sulfone groups is 1. The van der Waals surface area contributed by atoms with Gasteiger partial charge in [-0.1, -0.05) is 12.8 Å². The molecular weight excluding hydrogens is 280 g/mol. The number of oxazole rings is 1. The SMILES string of the molecule is Nc1ccc2oc(S(=O)(=O)CCCCCCO)nc2c1. The van der Waals surface area contributed by atoms with Gasteiger partial charge in [0.25, 0.3) is 0 Å². The van der Waals surface area contributed by atoms with E-state index in [1.165, 1.54) is 0 Å². The minimum absolute atomic E-state index is 0.000727. The Labute approximate surface area is 117 Å². The first-order chi connectivity index (χ1) is 9.53. The Bertz CT molecular complexity index is 679. The maximum absolute atomic E-state index is 12.1. The molecule has 3 N–H and O–H groups in total. The number of unbranched alkanes of at least 4 members (excludes halogenated alkanes) is 3. The van der Waals surface area contributed by atoms with E-state index in [1.54, 1.807) is 18.2 Å². The third-order valence-electron chi connectivity index (χ3n) is 2.98. The molecule has 2 aromatic rings. The summed E-state index contributed by atoms with van der Waals surface area (Å²) in [5.41, 5.74) is 6.99. The number of anilines is 1. The summed E-state index contributed by atoms with van der Waals surface area (Å²) in [7, 11) is -3.50. The van der Waals surface area contributed by atoms with Crippen LogP contribution < -0.4 is 5.73 Å². The molecule has 1 aromatic heterocycles. The van der Waals surface area contributed by atoms with Crippen LogP contribution in [0.3, 0.4) is 0 Å². The highest BCUT2D eigenvalue weighted by Crippen LogP contribution is 2.22. The molecule has 0 amide bonds. The van der Waals surface area contributed by atoms with Gasteiger partial charge in [-0.2, -0.15) is 4.98 Å². The van der Waals surface area contributed by atoms with Gasteiger partial charge in [-0.25, -0.2) is 8.42 Å². The average molecular weight is 298 g/mol. The quantitative estimate of drug-likeness (QED) is 0.595. The van der Waals surface area contributed by atoms with Crippen molar-refractivity contribution in [3.05, 3.63) is 18.2 Å². The Morgan fingerprint density at radius 1 is 1.20 bits per heavy atom. The number of aliphatic hydroxyl groups excluding tert-OH is 1. The maximum Gasteiger partial charge on any atom is 0.316 e. The van der Waals surface area contributed by atoms with Gasteiger partial charge in [0.05, 0.1) is 5.75 Å². The molecule has 0 aliphatic rings. The normalized spacial score (nSPS) is 12.1. The molecule has 0 spiro atoms. The largest absolute Gasteiger partial charge is 0.428 e. The maximum atomic E-state index is 12.1. The van der Waals surface area contributed by atoms with Gasteiger partial charge >= 0.3 is 5.22 Å². The molecule has 0 fully saturated rings. The Morgan fingerprint density at radius 3 is 2.70 bits per heavy atom. The molecule has 2 rings (SSSR count). The van der Waals surface area contributed by atoms with Crippen molar-refractivity contribution in [2.75, 3.05) is 18.1 Å². The smallest absolute Gasteiger partial charge is 0.316 e. The van der Waals surface area contributed by atoms with E-state index in [-0.39, 0.29) is 17.6 Å². The van der Waals surface area contributed by atoms with Gasteiger partial charge in [-0.05, 0) is 31.0 Å². The third-order valence-corrected chi connectivity index (χ3v) is 4.51. The zero-order valence-electron chi connectivity index (χ0n) is 11.1. The second-order valence-corrected chi connectivity index (χ2v) is 6.65. The summed E-state index contributed by atoms with van der Waals surface area (Å²) in [6, 6.07) is 4.83. The predicted octanol–water partition coefficient (Wildman–Crippen LogP) is 1.74. The van der Waals surface area contributed by atoms with Crippen LogP contribution in [0.5, 0.6) is 0 Å². The van der Waals surface area contributed by atoms with Gasteiger partial charge in [-0.15, -0.1) is 0 Å². The second-order valence-electron chi connectivity index (χ2n) is 4.66. The van der Waals surface area contributed by atoms with Crippen LogP contribution in [0.4, 0.5) is 5.69 Å². The standard InChI is InChI=1S/C13H18N2O4S/c14-10-5-6-12-11(9-10)15-13(19-12)20(17,18)8-4-2-1-3-7-16/h5-6,9,16H,1-4,7-8,14H2. The molecule has 0 atom stereocenters. The number of aromatic nitrogens is 1. The minimum Gasteiger partial charge on any atom is -0.428 e. The fourth-order valence-electron chi connectivity index (χ4n) is 1.90. The molecule has 7 heteroatoms. The molecule has 0 bridgehead atoms. The lowest BCUT2D eigenvalue weighted by Gasteiger charge is -1.99. The fourth-order valence-corrected chi connectivity index (χ4v) is 3.11. The van der Waals surface area contributed by atoms with E-state index in [1.807, 2.05) is 0 Å². The topological polar surface area (TPSA) is 106 Å². The highest BCUT2D eigenvalue weighted by Gasteiger charge is 2.21. The Balaban J connectivity index is 2.07. The highest BCUT2D eigenvalue weighted by atomic mass is 32.2. The highest BCUT2D eigenvalue weighted by molar-refractivity contribution is 7.91. The molecule has 20 heavy (non-hydrogen) atoms. The van der Waals surface area contributed by atoms with Crippen LogP contribution >= 0.6 is 0 Å². The summed E-state index contributed by atoms with van der Waals surface area (Å²) in [6.45, 7) is 0.138. The number of fused-ring (bicyclic) bond motifs is 1. The van der Waals surface area contributed by atoms with Crippen LogP contribution in [0.25, 0.3) is 11.1 Å². The Kier molecular flexibility index (Phi) is 4.61. The van der Waals surface area contributed by atoms with E-state index >= 15 is 0 Å². The lowest BCUT2D eigenvalue weighted by Crippen LogP contribution is -2.07. The van der Waals surface area contributed by atoms with Gasteiger partial charge in [0.15, 0.2) is 5.58 Å². The first-order valence-corrected chi connectivity index (χ1v) is 8.18. The summed E-state index contributed by atoms with van der Waals surface area (Å²) in [5.74, 6) is 0.000727. The first kappa shape index (κ1) is 14.8. The zero-order chi connectivity index (χ0) is 14.6. The number of nitrogens with two attached hydrogens (primary N) is 1. The molecule has 6 nitrogen and oxygen atoms in total. The molecule has 0 aliphatic heterocycles. The van der Waals surface area contributed by atoms with Gasteiger partial charge in [0.1, 0.15) is 5.52 Å². The second kappa shape index (κ2) is 6.23. The molecule has 0 aliphatic carbocycles. The van der Waals surface area contributed by atoms with Crippen molar-refractivity contribution < 1.29 is 17.9 Å². The van der Waals surface area contributed by atoms with Gasteiger partial charge < -0.3 is 15.3 Å². The Morgan fingerprint density at radius 2 is 1.95 bits per heavy atom. The minimum atomic E-state index is -3.50. The van der Waals surface area contributed by atoms with Crippen LogP contribution in [0, 0.1) is 0 Å². The van der Waals surface area contributed by atoms with Crippen LogP contribution in [0.15, 0.2) is 27.8 Å². The number of aliphatic hydroxyl groups is 1. The van der Waals surface area contributed by atoms with E-state index in [4.69, 9.17) is 15.3 Å². The van der Waals surface area contributed by atoms with Crippen molar-refractivity contribution >= 4 is 26.6 Å². The van der Waals surface area contributed by atoms with Crippen LogP contribution in [0.1, 0.15) is 25.7 Å². The number of benzene rings is 1. The monoisotopic (exact) mass is 298 g/mol. The summed E-state index contributed by atoms with van der Waals surface area (Å²) in [6.07, 6.45) is 2.80. The van der Waals surface area contributed by atoms with Gasteiger partial charge in [-0.3, -0.25) is 0 Å². The molecule has 0 saturated carbocycles. The summed E-state index contributed by atoms with van der Waals surface area (Å²) in [4.78, 5) is 3.99. The number of hydrogen-bond donors (Lipinski definition) is 2. The molecular formula is C13H18N2O4S. The number of nitrogen functional groups attached to an aromatic ring is 1.